The Labute approximate surface area is 170 Å². The molecule has 10 heteroatoms. The molecule has 0 aliphatic carbocycles. The molecule has 3 rings (SSSR count). The lowest BCUT2D eigenvalue weighted by Gasteiger charge is -2.06. The molecule has 0 atom stereocenters. The van der Waals surface area contributed by atoms with Gasteiger partial charge in [0.25, 0.3) is 11.6 Å². The van der Waals surface area contributed by atoms with Crippen LogP contribution in [0.1, 0.15) is 20.7 Å². The van der Waals surface area contributed by atoms with Gasteiger partial charge in [0.1, 0.15) is 0 Å². The molecule has 0 spiro atoms. The molecule has 1 amide bonds. The summed E-state index contributed by atoms with van der Waals surface area (Å²) in [6.45, 7) is 0. The number of carbonyl (C=O) groups excluding carboxylic acids is 2. The van der Waals surface area contributed by atoms with Crippen molar-refractivity contribution in [1.29, 1.82) is 0 Å². The Morgan fingerprint density at radius 1 is 0.900 bits per heavy atom. The quantitative estimate of drug-likeness (QED) is 0.269. The summed E-state index contributed by atoms with van der Waals surface area (Å²) in [5, 5.41) is 18.1. The fraction of sp³-hybridized carbons (Fsp3) is 0. The van der Waals surface area contributed by atoms with Gasteiger partial charge in [0.05, 0.1) is 21.9 Å². The number of hydrogen-bond donors (Lipinski definition) is 2. The van der Waals surface area contributed by atoms with Gasteiger partial charge in [0.15, 0.2) is 0 Å². The Balaban J connectivity index is 1.55. The number of amides is 1. The van der Waals surface area contributed by atoms with E-state index in [1.54, 1.807) is 48.5 Å². The van der Waals surface area contributed by atoms with Crippen molar-refractivity contribution in [2.45, 2.75) is 0 Å². The Bertz CT molecular complexity index is 1090. The van der Waals surface area contributed by atoms with Crippen LogP contribution in [0.5, 0.6) is 0 Å². The van der Waals surface area contributed by atoms with Gasteiger partial charge >= 0.3 is 5.97 Å². The second-order valence-corrected chi connectivity index (χ2v) is 5.97. The van der Waals surface area contributed by atoms with E-state index in [-0.39, 0.29) is 11.3 Å². The van der Waals surface area contributed by atoms with Crippen molar-refractivity contribution in [3.63, 3.8) is 0 Å². The first-order valence-corrected chi connectivity index (χ1v) is 8.56. The van der Waals surface area contributed by atoms with Gasteiger partial charge in [-0.25, -0.2) is 10.3 Å². The zero-order valence-corrected chi connectivity index (χ0v) is 15.4. The molecule has 0 saturated heterocycles. The van der Waals surface area contributed by atoms with Crippen LogP contribution < -0.4 is 11.2 Å². The number of hydrogen-bond acceptors (Lipinski definition) is 8. The van der Waals surface area contributed by atoms with Crippen LogP contribution in [0.25, 0.3) is 0 Å². The van der Waals surface area contributed by atoms with E-state index in [9.17, 15) is 19.7 Å². The maximum absolute atomic E-state index is 12.0. The number of non-ortho nitro benzene ring substituents is 1. The first kappa shape index (κ1) is 20.1. The topological polar surface area (TPSA) is 149 Å². The van der Waals surface area contributed by atoms with Gasteiger partial charge < -0.3 is 10.6 Å². The van der Waals surface area contributed by atoms with E-state index in [0.717, 1.165) is 0 Å². The van der Waals surface area contributed by atoms with Crippen molar-refractivity contribution in [3.8, 4) is 0 Å². The fourth-order valence-electron chi connectivity index (χ4n) is 2.27. The Kier molecular flexibility index (Phi) is 6.08. The average Bonchev–Trinajstić information content (AvgIpc) is 2.77. The Hall–Kier alpha value is -4.60. The van der Waals surface area contributed by atoms with Gasteiger partial charge in [0.2, 0.25) is 0 Å². The lowest BCUT2D eigenvalue weighted by atomic mass is 10.2. The SMILES string of the molecule is Nc1ccc(C(=O)N=Nc2ccc(NOC(=O)c3ccc([N+](=O)[O-])cc3)cc2)cc1. The highest BCUT2D eigenvalue weighted by Crippen LogP contribution is 2.18. The number of rotatable bonds is 6. The molecule has 3 N–H and O–H groups in total. The number of azo groups is 1. The lowest BCUT2D eigenvalue weighted by Crippen LogP contribution is -2.10. The zero-order chi connectivity index (χ0) is 21.5. The van der Waals surface area contributed by atoms with Crippen LogP contribution in [0.2, 0.25) is 0 Å². The molecule has 30 heavy (non-hydrogen) atoms. The average molecular weight is 405 g/mol. The number of benzene rings is 3. The summed E-state index contributed by atoms with van der Waals surface area (Å²) in [4.78, 5) is 38.9. The maximum Gasteiger partial charge on any atom is 0.362 e. The molecule has 0 aliphatic rings. The fourth-order valence-corrected chi connectivity index (χ4v) is 2.27. The number of nitrogen functional groups attached to an aromatic ring is 1. The summed E-state index contributed by atoms with van der Waals surface area (Å²) in [7, 11) is 0. The molecule has 0 aliphatic heterocycles. The molecule has 0 saturated carbocycles. The smallest absolute Gasteiger partial charge is 0.362 e. The zero-order valence-electron chi connectivity index (χ0n) is 15.4. The van der Waals surface area contributed by atoms with Gasteiger partial charge in [-0.2, -0.15) is 0 Å². The molecule has 0 heterocycles. The molecule has 3 aromatic carbocycles. The summed E-state index contributed by atoms with van der Waals surface area (Å²) in [5.41, 5.74) is 9.85. The van der Waals surface area contributed by atoms with Crippen LogP contribution in [0.4, 0.5) is 22.7 Å². The van der Waals surface area contributed by atoms with E-state index >= 15 is 0 Å². The number of anilines is 2. The Morgan fingerprint density at radius 2 is 1.50 bits per heavy atom. The molecule has 0 unspecified atom stereocenters. The predicted octanol–water partition coefficient (Wildman–Crippen LogP) is 4.29. The highest BCUT2D eigenvalue weighted by molar-refractivity contribution is 5.95. The second-order valence-electron chi connectivity index (χ2n) is 5.97. The van der Waals surface area contributed by atoms with Crippen LogP contribution in [0.3, 0.4) is 0 Å². The van der Waals surface area contributed by atoms with Crippen molar-refractivity contribution in [2.24, 2.45) is 10.2 Å². The lowest BCUT2D eigenvalue weighted by molar-refractivity contribution is -0.384. The largest absolute Gasteiger partial charge is 0.399 e. The number of nitrogens with one attached hydrogen (secondary N) is 1. The normalized spacial score (nSPS) is 10.5. The van der Waals surface area contributed by atoms with E-state index in [1.165, 1.54) is 24.3 Å². The molecule has 3 aromatic rings. The molecular formula is C20H15N5O5. The van der Waals surface area contributed by atoms with Crippen molar-refractivity contribution in [2.75, 3.05) is 11.2 Å². The Morgan fingerprint density at radius 3 is 2.10 bits per heavy atom. The van der Waals surface area contributed by atoms with Gasteiger partial charge in [-0.15, -0.1) is 10.2 Å². The molecule has 150 valence electrons. The number of nitrogens with two attached hydrogens (primary N) is 1. The summed E-state index contributed by atoms with van der Waals surface area (Å²) in [6, 6.07) is 17.6. The standard InChI is InChI=1S/C20H15N5O5/c21-15-5-1-13(2-6-15)19(26)23-22-16-7-9-17(10-8-16)24-30-20(27)14-3-11-18(12-4-14)25(28)29/h1-12,24H,21H2. The van der Waals surface area contributed by atoms with E-state index in [0.29, 0.717) is 22.6 Å². The van der Waals surface area contributed by atoms with Crippen LogP contribution in [-0.4, -0.2) is 16.8 Å². The molecule has 0 fully saturated rings. The monoisotopic (exact) mass is 405 g/mol. The van der Waals surface area contributed by atoms with E-state index < -0.39 is 16.8 Å². The van der Waals surface area contributed by atoms with Crippen molar-refractivity contribution in [1.82, 2.24) is 0 Å². The number of nitro groups is 1. The third-order valence-electron chi connectivity index (χ3n) is 3.86. The summed E-state index contributed by atoms with van der Waals surface area (Å²) < 4.78 is 0. The van der Waals surface area contributed by atoms with Crippen molar-refractivity contribution < 1.29 is 19.3 Å². The number of carbonyl (C=O) groups is 2. The maximum atomic E-state index is 12.0. The minimum Gasteiger partial charge on any atom is -0.399 e. The third-order valence-corrected chi connectivity index (χ3v) is 3.86. The minimum absolute atomic E-state index is 0.126. The predicted molar refractivity (Wildman–Crippen MR) is 108 cm³/mol. The van der Waals surface area contributed by atoms with Crippen LogP contribution in [-0.2, 0) is 4.84 Å². The van der Waals surface area contributed by atoms with Crippen LogP contribution >= 0.6 is 0 Å². The highest BCUT2D eigenvalue weighted by atomic mass is 16.7. The summed E-state index contributed by atoms with van der Waals surface area (Å²) in [5.74, 6) is -1.21. The van der Waals surface area contributed by atoms with Crippen molar-refractivity contribution >= 4 is 34.6 Å². The third kappa shape index (κ3) is 5.23. The van der Waals surface area contributed by atoms with E-state index in [2.05, 4.69) is 15.7 Å². The van der Waals surface area contributed by atoms with Gasteiger partial charge in [-0.1, -0.05) is 0 Å². The molecule has 0 bridgehead atoms. The second kappa shape index (κ2) is 9.06. The van der Waals surface area contributed by atoms with Crippen molar-refractivity contribution in [3.05, 3.63) is 94.0 Å². The first-order valence-electron chi connectivity index (χ1n) is 8.56. The first-order chi connectivity index (χ1) is 14.4. The van der Waals surface area contributed by atoms with Gasteiger partial charge in [0, 0.05) is 23.4 Å². The summed E-state index contributed by atoms with van der Waals surface area (Å²) >= 11 is 0. The molecule has 0 radical (unpaired) electrons. The van der Waals surface area contributed by atoms with Crippen LogP contribution in [0, 0.1) is 10.1 Å². The molecule has 0 aromatic heterocycles. The van der Waals surface area contributed by atoms with Crippen LogP contribution in [0.15, 0.2) is 83.0 Å². The molecule has 10 nitrogen and oxygen atoms in total. The van der Waals surface area contributed by atoms with Gasteiger partial charge in [-0.3, -0.25) is 14.9 Å². The number of nitro benzene ring substituents is 1. The summed E-state index contributed by atoms with van der Waals surface area (Å²) in [6.07, 6.45) is 0. The van der Waals surface area contributed by atoms with E-state index in [4.69, 9.17) is 10.6 Å². The van der Waals surface area contributed by atoms with E-state index in [1.807, 2.05) is 0 Å². The van der Waals surface area contributed by atoms with Gasteiger partial charge in [-0.05, 0) is 60.7 Å². The molecular weight excluding hydrogens is 390 g/mol. The highest BCUT2D eigenvalue weighted by Gasteiger charge is 2.11. The minimum atomic E-state index is -0.706. The number of nitrogens with zero attached hydrogens (tertiary/aromatic N) is 3.